The first-order valence-electron chi connectivity index (χ1n) is 8.71. The van der Waals surface area contributed by atoms with Gasteiger partial charge in [0.1, 0.15) is 36.2 Å². The number of aromatic nitrogens is 4. The summed E-state index contributed by atoms with van der Waals surface area (Å²) in [6, 6.07) is -0.919. The summed E-state index contributed by atoms with van der Waals surface area (Å²) in [5, 5.41) is 22.9. The number of ether oxygens (including phenoxy) is 1. The molecule has 0 bridgehead atoms. The highest BCUT2D eigenvalue weighted by molar-refractivity contribution is 7.88. The summed E-state index contributed by atoms with van der Waals surface area (Å²) in [6.45, 7) is -0.446. The molecule has 7 N–H and O–H groups in total. The topological polar surface area (TPSA) is 224 Å². The summed E-state index contributed by atoms with van der Waals surface area (Å²) in [4.78, 5) is 34.5. The number of carbonyl (C=O) groups excluding carboxylic acids is 2. The predicted molar refractivity (Wildman–Crippen MR) is 97.3 cm³/mol. The number of anilines is 1. The fourth-order valence-electron chi connectivity index (χ4n) is 3.13. The molecule has 0 radical (unpaired) electrons. The molecule has 2 amide bonds. The highest BCUT2D eigenvalue weighted by Crippen LogP contribution is 2.31. The van der Waals surface area contributed by atoms with Gasteiger partial charge in [0.25, 0.3) is 5.91 Å². The molecule has 30 heavy (non-hydrogen) atoms. The zero-order chi connectivity index (χ0) is 21.6. The minimum Gasteiger partial charge on any atom is -0.387 e. The number of hydrogen-bond donors (Lipinski definition) is 6. The maximum atomic E-state index is 12.0. The molecule has 4 heterocycles. The number of imidazole rings is 1. The molecule has 0 aromatic carbocycles. The molecular formula is C14H18N8O7S. The zero-order valence-electron chi connectivity index (χ0n) is 15.2. The molecular weight excluding hydrogens is 424 g/mol. The van der Waals surface area contributed by atoms with Crippen LogP contribution in [0.3, 0.4) is 0 Å². The molecule has 2 aliphatic rings. The molecule has 0 aliphatic carbocycles. The third kappa shape index (κ3) is 3.65. The Labute approximate surface area is 168 Å². The van der Waals surface area contributed by atoms with Crippen molar-refractivity contribution in [1.29, 1.82) is 0 Å². The van der Waals surface area contributed by atoms with Gasteiger partial charge in [-0.15, -0.1) is 0 Å². The van der Waals surface area contributed by atoms with Crippen LogP contribution in [0.25, 0.3) is 11.2 Å². The van der Waals surface area contributed by atoms with Crippen molar-refractivity contribution in [2.45, 2.75) is 37.0 Å². The number of nitrogens with zero attached hydrogens (tertiary/aromatic N) is 4. The smallest absolute Gasteiger partial charge is 0.301 e. The Balaban J connectivity index is 1.41. The van der Waals surface area contributed by atoms with Gasteiger partial charge in [-0.25, -0.2) is 19.7 Å². The molecule has 5 atom stereocenters. The van der Waals surface area contributed by atoms with E-state index in [1.807, 2.05) is 0 Å². The van der Waals surface area contributed by atoms with Gasteiger partial charge in [-0.3, -0.25) is 14.2 Å². The van der Waals surface area contributed by atoms with E-state index in [1.54, 1.807) is 4.72 Å². The third-order valence-electron chi connectivity index (χ3n) is 4.75. The van der Waals surface area contributed by atoms with E-state index < -0.39 is 53.2 Å². The number of rotatable bonds is 6. The van der Waals surface area contributed by atoms with E-state index >= 15 is 0 Å². The second-order valence-corrected chi connectivity index (χ2v) is 8.27. The molecule has 2 aromatic heterocycles. The molecule has 2 aromatic rings. The van der Waals surface area contributed by atoms with Gasteiger partial charge in [-0.2, -0.15) is 13.1 Å². The fourth-order valence-corrected chi connectivity index (χ4v) is 4.00. The highest BCUT2D eigenvalue weighted by atomic mass is 32.2. The van der Waals surface area contributed by atoms with E-state index in [2.05, 4.69) is 25.0 Å². The maximum absolute atomic E-state index is 12.0. The van der Waals surface area contributed by atoms with Crippen LogP contribution in [0.4, 0.5) is 5.82 Å². The van der Waals surface area contributed by atoms with E-state index in [0.717, 1.165) is 0 Å². The zero-order valence-corrected chi connectivity index (χ0v) is 16.0. The highest BCUT2D eigenvalue weighted by Gasteiger charge is 2.44. The van der Waals surface area contributed by atoms with E-state index in [-0.39, 0.29) is 29.3 Å². The number of nitrogens with one attached hydrogen (secondary N) is 3. The number of amides is 2. The largest absolute Gasteiger partial charge is 0.387 e. The van der Waals surface area contributed by atoms with Gasteiger partial charge < -0.3 is 26.0 Å². The molecule has 4 rings (SSSR count). The lowest BCUT2D eigenvalue weighted by Gasteiger charge is -2.25. The first-order chi connectivity index (χ1) is 14.2. The van der Waals surface area contributed by atoms with Crippen molar-refractivity contribution >= 4 is 39.0 Å². The lowest BCUT2D eigenvalue weighted by Crippen LogP contribution is -2.59. The van der Waals surface area contributed by atoms with Crippen LogP contribution >= 0.6 is 0 Å². The maximum Gasteiger partial charge on any atom is 0.301 e. The Kier molecular flexibility index (Phi) is 5.02. The van der Waals surface area contributed by atoms with Crippen molar-refractivity contribution in [1.82, 2.24) is 34.3 Å². The SMILES string of the molecule is Nc1ncnc2c1ncn2[C@@H]1O[C@H](CNS(=O)(=O)NC(=O)[C@@H]2CC(=O)N2)C(O)[C@@H]1O. The van der Waals surface area contributed by atoms with E-state index in [1.165, 1.54) is 17.2 Å². The molecule has 2 fully saturated rings. The second kappa shape index (κ2) is 7.40. The minimum absolute atomic E-state index is 0.105. The first kappa shape index (κ1) is 20.4. The monoisotopic (exact) mass is 442 g/mol. The summed E-state index contributed by atoms with van der Waals surface area (Å²) in [5.74, 6) is -1.13. The molecule has 0 saturated carbocycles. The predicted octanol–water partition coefficient (Wildman–Crippen LogP) is -4.13. The van der Waals surface area contributed by atoms with Crippen molar-refractivity contribution in [2.24, 2.45) is 0 Å². The quantitative estimate of drug-likeness (QED) is 0.236. The van der Waals surface area contributed by atoms with Crippen LogP contribution in [-0.2, 0) is 24.5 Å². The Morgan fingerprint density at radius 2 is 2.07 bits per heavy atom. The minimum atomic E-state index is -4.29. The van der Waals surface area contributed by atoms with E-state index in [0.29, 0.717) is 0 Å². The van der Waals surface area contributed by atoms with Gasteiger partial charge >= 0.3 is 10.2 Å². The molecule has 0 spiro atoms. The van der Waals surface area contributed by atoms with Crippen molar-refractivity contribution < 1.29 is 33.0 Å². The van der Waals surface area contributed by atoms with E-state index in [9.17, 15) is 28.2 Å². The van der Waals surface area contributed by atoms with Crippen molar-refractivity contribution in [3.63, 3.8) is 0 Å². The molecule has 162 valence electrons. The summed E-state index contributed by atoms with van der Waals surface area (Å²) < 4.78 is 34.8. The number of carbonyl (C=O) groups is 2. The molecule has 2 saturated heterocycles. The molecule has 15 nitrogen and oxygen atoms in total. The number of aliphatic hydroxyl groups excluding tert-OH is 2. The number of β-lactam (4-membered cyclic amide) rings is 1. The van der Waals surface area contributed by atoms with Crippen LogP contribution in [0.5, 0.6) is 0 Å². The van der Waals surface area contributed by atoms with Gasteiger partial charge in [-0.05, 0) is 0 Å². The average Bonchev–Trinajstić information content (AvgIpc) is 3.20. The van der Waals surface area contributed by atoms with Gasteiger partial charge in [0.05, 0.1) is 12.7 Å². The van der Waals surface area contributed by atoms with Crippen LogP contribution < -0.4 is 20.5 Å². The normalized spacial score (nSPS) is 28.9. The molecule has 1 unspecified atom stereocenters. The number of nitrogen functional groups attached to an aromatic ring is 1. The van der Waals surface area contributed by atoms with Crippen LogP contribution in [0.15, 0.2) is 12.7 Å². The summed E-state index contributed by atoms with van der Waals surface area (Å²) in [7, 11) is -4.29. The Bertz CT molecular complexity index is 1100. The fraction of sp³-hybridized carbons (Fsp3) is 0.500. The standard InChI is InChI=1S/C14H18N8O7S/c15-11-8-12(17-3-16-11)22(4-18-8)14-10(25)9(24)6(29-14)2-19-30(27,28)21-13(26)5-1-7(23)20-5/h3-6,9-10,14,19,24-25H,1-2H2,(H,20,23)(H,21,26)(H2,15,16,17)/t5-,6+,9?,10-,14+/m0/s1. The lowest BCUT2D eigenvalue weighted by molar-refractivity contribution is -0.136. The van der Waals surface area contributed by atoms with Gasteiger partial charge in [0.15, 0.2) is 17.7 Å². The number of nitrogens with two attached hydrogens (primary N) is 1. The Morgan fingerprint density at radius 3 is 2.77 bits per heavy atom. The van der Waals surface area contributed by atoms with Crippen molar-refractivity contribution in [3.05, 3.63) is 12.7 Å². The van der Waals surface area contributed by atoms with Crippen LogP contribution in [-0.4, -0.2) is 80.9 Å². The second-order valence-electron chi connectivity index (χ2n) is 6.77. The number of hydrogen-bond acceptors (Lipinski definition) is 11. The Hall–Kier alpha value is -2.92. The van der Waals surface area contributed by atoms with Gasteiger partial charge in [0.2, 0.25) is 5.91 Å². The summed E-state index contributed by atoms with van der Waals surface area (Å²) in [6.07, 6.45) is -2.73. The summed E-state index contributed by atoms with van der Waals surface area (Å²) >= 11 is 0. The van der Waals surface area contributed by atoms with Gasteiger partial charge in [0, 0.05) is 6.54 Å². The number of aliphatic hydroxyl groups is 2. The first-order valence-corrected chi connectivity index (χ1v) is 10.2. The van der Waals surface area contributed by atoms with Crippen LogP contribution in [0.1, 0.15) is 12.6 Å². The lowest BCUT2D eigenvalue weighted by atomic mass is 10.1. The van der Waals surface area contributed by atoms with Crippen LogP contribution in [0, 0.1) is 0 Å². The Morgan fingerprint density at radius 1 is 1.33 bits per heavy atom. The van der Waals surface area contributed by atoms with Gasteiger partial charge in [-0.1, -0.05) is 0 Å². The van der Waals surface area contributed by atoms with Crippen LogP contribution in [0.2, 0.25) is 0 Å². The van der Waals surface area contributed by atoms with Crippen molar-refractivity contribution in [3.8, 4) is 0 Å². The number of fused-ring (bicyclic) bond motifs is 1. The average molecular weight is 442 g/mol. The van der Waals surface area contributed by atoms with E-state index in [4.69, 9.17) is 10.5 Å². The summed E-state index contributed by atoms with van der Waals surface area (Å²) in [5.41, 5.74) is 6.26. The van der Waals surface area contributed by atoms with Crippen molar-refractivity contribution in [2.75, 3.05) is 12.3 Å². The molecule has 16 heteroatoms. The third-order valence-corrected chi connectivity index (χ3v) is 5.77. The molecule has 2 aliphatic heterocycles.